The van der Waals surface area contributed by atoms with Crippen molar-refractivity contribution in [2.75, 3.05) is 30.4 Å². The topological polar surface area (TPSA) is 75.8 Å². The highest BCUT2D eigenvalue weighted by atomic mass is 127. The van der Waals surface area contributed by atoms with Gasteiger partial charge in [-0.3, -0.25) is 0 Å². The summed E-state index contributed by atoms with van der Waals surface area (Å²) < 4.78 is 5.20. The van der Waals surface area contributed by atoms with Gasteiger partial charge in [0, 0.05) is 31.0 Å². The van der Waals surface area contributed by atoms with E-state index < -0.39 is 0 Å². The second-order valence-electron chi connectivity index (χ2n) is 5.77. The van der Waals surface area contributed by atoms with Gasteiger partial charge in [-0.05, 0) is 42.7 Å². The van der Waals surface area contributed by atoms with E-state index >= 15 is 0 Å². The number of methoxy groups -OCH3 is 1. The molecule has 1 aliphatic rings. The lowest BCUT2D eigenvalue weighted by Crippen LogP contribution is -2.22. The molecular formula is C18H24IN5O. The molecule has 1 saturated heterocycles. The average molecular weight is 453 g/mol. The summed E-state index contributed by atoms with van der Waals surface area (Å²) in [6, 6.07) is 11.6. The Balaban J connectivity index is 0.00000225. The van der Waals surface area contributed by atoms with Crippen molar-refractivity contribution in [3.05, 3.63) is 48.2 Å². The van der Waals surface area contributed by atoms with Gasteiger partial charge in [-0.25, -0.2) is 9.98 Å². The van der Waals surface area contributed by atoms with Crippen LogP contribution >= 0.6 is 24.0 Å². The number of aliphatic imine (C=N–C) groups is 1. The molecule has 0 bridgehead atoms. The molecule has 0 saturated carbocycles. The zero-order valence-electron chi connectivity index (χ0n) is 14.3. The first-order valence-electron chi connectivity index (χ1n) is 8.15. The maximum Gasteiger partial charge on any atom is 0.193 e. The van der Waals surface area contributed by atoms with E-state index in [2.05, 4.69) is 26.3 Å². The van der Waals surface area contributed by atoms with Gasteiger partial charge in [0.25, 0.3) is 0 Å². The molecule has 0 unspecified atom stereocenters. The van der Waals surface area contributed by atoms with Crippen LogP contribution in [0.25, 0.3) is 0 Å². The molecule has 1 fully saturated rings. The number of ether oxygens (including phenoxy) is 1. The van der Waals surface area contributed by atoms with Crippen LogP contribution in [0.15, 0.2) is 47.6 Å². The molecule has 3 rings (SSSR count). The molecule has 0 spiro atoms. The Bertz CT molecular complexity index is 716. The van der Waals surface area contributed by atoms with Crippen LogP contribution < -0.4 is 20.7 Å². The van der Waals surface area contributed by atoms with Crippen LogP contribution in [0, 0.1) is 0 Å². The highest BCUT2D eigenvalue weighted by molar-refractivity contribution is 14.0. The molecule has 25 heavy (non-hydrogen) atoms. The molecule has 2 aromatic rings. The molecular weight excluding hydrogens is 429 g/mol. The van der Waals surface area contributed by atoms with Crippen LogP contribution in [0.3, 0.4) is 0 Å². The Morgan fingerprint density at radius 3 is 2.84 bits per heavy atom. The second kappa shape index (κ2) is 9.45. The molecule has 134 valence electrons. The van der Waals surface area contributed by atoms with Gasteiger partial charge in [0.1, 0.15) is 11.6 Å². The van der Waals surface area contributed by atoms with Crippen LogP contribution in [-0.4, -0.2) is 31.1 Å². The summed E-state index contributed by atoms with van der Waals surface area (Å²) in [5.74, 6) is 2.18. The van der Waals surface area contributed by atoms with Crippen LogP contribution in [0.2, 0.25) is 0 Å². The standard InChI is InChI=1S/C18H23N5O.HI/c1-24-16-6-4-5-15(12-16)22-18(19)21-13-14-7-8-20-17(11-14)23-9-2-3-10-23;/h4-8,11-12H,2-3,9-10,13H2,1H3,(H3,19,21,22);1H. The number of benzene rings is 1. The van der Waals surface area contributed by atoms with E-state index in [0.29, 0.717) is 12.5 Å². The molecule has 0 amide bonds. The average Bonchev–Trinajstić information content (AvgIpc) is 3.15. The van der Waals surface area contributed by atoms with E-state index in [-0.39, 0.29) is 24.0 Å². The number of nitrogens with one attached hydrogen (secondary N) is 1. The summed E-state index contributed by atoms with van der Waals surface area (Å²) in [6.07, 6.45) is 4.31. The van der Waals surface area contributed by atoms with Crippen molar-refractivity contribution in [3.8, 4) is 5.75 Å². The molecule has 0 radical (unpaired) electrons. The number of rotatable bonds is 5. The molecule has 0 atom stereocenters. The number of aromatic nitrogens is 1. The zero-order valence-corrected chi connectivity index (χ0v) is 16.6. The van der Waals surface area contributed by atoms with Gasteiger partial charge in [-0.2, -0.15) is 0 Å². The molecule has 7 heteroatoms. The fourth-order valence-electron chi connectivity index (χ4n) is 2.74. The lowest BCUT2D eigenvalue weighted by Gasteiger charge is -2.16. The monoisotopic (exact) mass is 453 g/mol. The Morgan fingerprint density at radius 1 is 1.28 bits per heavy atom. The number of nitrogens with two attached hydrogens (primary N) is 1. The highest BCUT2D eigenvalue weighted by Gasteiger charge is 2.13. The molecule has 1 aromatic heterocycles. The smallest absolute Gasteiger partial charge is 0.193 e. The van der Waals surface area contributed by atoms with Gasteiger partial charge in [-0.15, -0.1) is 24.0 Å². The maximum absolute atomic E-state index is 5.98. The third-order valence-corrected chi connectivity index (χ3v) is 4.01. The summed E-state index contributed by atoms with van der Waals surface area (Å²) >= 11 is 0. The van der Waals surface area contributed by atoms with Crippen molar-refractivity contribution in [1.82, 2.24) is 4.98 Å². The molecule has 0 aliphatic carbocycles. The summed E-state index contributed by atoms with van der Waals surface area (Å²) in [7, 11) is 1.64. The van der Waals surface area contributed by atoms with Gasteiger partial charge in [0.15, 0.2) is 5.96 Å². The number of guanidine groups is 1. The van der Waals surface area contributed by atoms with Gasteiger partial charge >= 0.3 is 0 Å². The largest absolute Gasteiger partial charge is 0.497 e. The molecule has 1 aromatic carbocycles. The number of pyridine rings is 1. The second-order valence-corrected chi connectivity index (χ2v) is 5.77. The van der Waals surface area contributed by atoms with E-state index in [0.717, 1.165) is 35.9 Å². The van der Waals surface area contributed by atoms with Gasteiger partial charge in [0.05, 0.1) is 13.7 Å². The summed E-state index contributed by atoms with van der Waals surface area (Å²) in [5.41, 5.74) is 7.93. The van der Waals surface area contributed by atoms with Crippen molar-refractivity contribution in [2.45, 2.75) is 19.4 Å². The summed E-state index contributed by atoms with van der Waals surface area (Å²) in [5, 5.41) is 3.08. The van der Waals surface area contributed by atoms with E-state index in [9.17, 15) is 0 Å². The SMILES string of the molecule is COc1cccc(NC(N)=NCc2ccnc(N3CCCC3)c2)c1.I. The van der Waals surface area contributed by atoms with Crippen molar-refractivity contribution in [2.24, 2.45) is 10.7 Å². The van der Waals surface area contributed by atoms with Gasteiger partial charge in [-0.1, -0.05) is 6.07 Å². The van der Waals surface area contributed by atoms with E-state index in [4.69, 9.17) is 10.5 Å². The first-order valence-corrected chi connectivity index (χ1v) is 8.15. The van der Waals surface area contributed by atoms with Crippen LogP contribution in [-0.2, 0) is 6.54 Å². The van der Waals surface area contributed by atoms with Gasteiger partial charge in [0.2, 0.25) is 0 Å². The van der Waals surface area contributed by atoms with E-state index in [1.54, 1.807) is 7.11 Å². The molecule has 6 nitrogen and oxygen atoms in total. The number of nitrogens with zero attached hydrogens (tertiary/aromatic N) is 3. The first-order chi connectivity index (χ1) is 11.7. The molecule has 3 N–H and O–H groups in total. The highest BCUT2D eigenvalue weighted by Crippen LogP contribution is 2.19. The Kier molecular flexibility index (Phi) is 7.30. The van der Waals surface area contributed by atoms with Crippen molar-refractivity contribution in [3.63, 3.8) is 0 Å². The minimum absolute atomic E-state index is 0. The van der Waals surface area contributed by atoms with Crippen LogP contribution in [0.4, 0.5) is 11.5 Å². The number of hydrogen-bond acceptors (Lipinski definition) is 4. The molecule has 1 aliphatic heterocycles. The third-order valence-electron chi connectivity index (χ3n) is 4.01. The Labute approximate surface area is 165 Å². The number of hydrogen-bond donors (Lipinski definition) is 2. The first kappa shape index (κ1) is 19.3. The number of halogens is 1. The third kappa shape index (κ3) is 5.48. The van der Waals surface area contributed by atoms with Crippen molar-refractivity contribution in [1.29, 1.82) is 0 Å². The Morgan fingerprint density at radius 2 is 2.08 bits per heavy atom. The zero-order chi connectivity index (χ0) is 16.8. The number of anilines is 2. The van der Waals surface area contributed by atoms with E-state index in [1.807, 2.05) is 36.5 Å². The lowest BCUT2D eigenvalue weighted by molar-refractivity contribution is 0.415. The predicted octanol–water partition coefficient (Wildman–Crippen LogP) is 3.24. The molecule has 2 heterocycles. The normalized spacial score (nSPS) is 14.1. The predicted molar refractivity (Wildman–Crippen MR) is 113 cm³/mol. The van der Waals surface area contributed by atoms with Crippen LogP contribution in [0.5, 0.6) is 5.75 Å². The maximum atomic E-state index is 5.98. The fourth-order valence-corrected chi connectivity index (χ4v) is 2.74. The van der Waals surface area contributed by atoms with Crippen molar-refractivity contribution >= 4 is 41.4 Å². The quantitative estimate of drug-likeness (QED) is 0.413. The fraction of sp³-hybridized carbons (Fsp3) is 0.333. The lowest BCUT2D eigenvalue weighted by atomic mass is 10.2. The van der Waals surface area contributed by atoms with E-state index in [1.165, 1.54) is 12.8 Å². The van der Waals surface area contributed by atoms with Gasteiger partial charge < -0.3 is 20.7 Å². The van der Waals surface area contributed by atoms with Crippen molar-refractivity contribution < 1.29 is 4.74 Å². The van der Waals surface area contributed by atoms with Crippen LogP contribution in [0.1, 0.15) is 18.4 Å². The minimum Gasteiger partial charge on any atom is -0.497 e. The summed E-state index contributed by atoms with van der Waals surface area (Å²) in [4.78, 5) is 11.2. The summed E-state index contributed by atoms with van der Waals surface area (Å²) in [6.45, 7) is 2.69. The Hall–Kier alpha value is -2.03. The minimum atomic E-state index is 0.